The van der Waals surface area contributed by atoms with Gasteiger partial charge in [-0.2, -0.15) is 5.26 Å². The van der Waals surface area contributed by atoms with Crippen LogP contribution in [0.4, 0.5) is 0 Å². The highest BCUT2D eigenvalue weighted by atomic mass is 35.5. The van der Waals surface area contributed by atoms with E-state index in [-0.39, 0.29) is 11.5 Å². The number of carbonyl (C=O) groups is 2. The lowest BCUT2D eigenvalue weighted by atomic mass is 10.1. The zero-order valence-corrected chi connectivity index (χ0v) is 15.7. The Bertz CT molecular complexity index is 942. The lowest BCUT2D eigenvalue weighted by Gasteiger charge is -2.26. The molecule has 0 aliphatic carbocycles. The average molecular weight is 397 g/mol. The molecule has 0 atom stereocenters. The Balaban J connectivity index is 1.69. The van der Waals surface area contributed by atoms with Crippen LogP contribution < -0.4 is 4.74 Å². The Morgan fingerprint density at radius 3 is 2.50 bits per heavy atom. The van der Waals surface area contributed by atoms with Gasteiger partial charge >= 0.3 is 5.97 Å². The van der Waals surface area contributed by atoms with E-state index in [4.69, 9.17) is 21.1 Å². The van der Waals surface area contributed by atoms with E-state index >= 15 is 0 Å². The van der Waals surface area contributed by atoms with Crippen molar-refractivity contribution < 1.29 is 19.1 Å². The third kappa shape index (κ3) is 4.97. The first-order chi connectivity index (χ1) is 13.6. The minimum absolute atomic E-state index is 0.0468. The molecule has 0 radical (unpaired) electrons. The topological polar surface area (TPSA) is 79.6 Å². The predicted molar refractivity (Wildman–Crippen MR) is 104 cm³/mol. The fourth-order valence-corrected chi connectivity index (χ4v) is 2.85. The molecule has 1 heterocycles. The second kappa shape index (κ2) is 9.18. The lowest BCUT2D eigenvalue weighted by molar-refractivity contribution is -0.130. The summed E-state index contributed by atoms with van der Waals surface area (Å²) in [6.45, 7) is 1.88. The number of morpholine rings is 1. The second-order valence-corrected chi connectivity index (χ2v) is 6.48. The molecule has 28 heavy (non-hydrogen) atoms. The van der Waals surface area contributed by atoms with Gasteiger partial charge in [-0.3, -0.25) is 4.79 Å². The lowest BCUT2D eigenvalue weighted by Crippen LogP contribution is -2.41. The molecule has 0 bridgehead atoms. The first kappa shape index (κ1) is 19.6. The van der Waals surface area contributed by atoms with Crippen LogP contribution in [0.15, 0.2) is 54.1 Å². The molecular weight excluding hydrogens is 380 g/mol. The summed E-state index contributed by atoms with van der Waals surface area (Å²) in [5.74, 6) is -0.492. The van der Waals surface area contributed by atoms with E-state index in [0.717, 1.165) is 0 Å². The van der Waals surface area contributed by atoms with Gasteiger partial charge in [-0.25, -0.2) is 4.79 Å². The van der Waals surface area contributed by atoms with Crippen LogP contribution in [-0.2, 0) is 9.53 Å². The molecule has 6 nitrogen and oxygen atoms in total. The standard InChI is InChI=1S/C21H17ClN2O4/c22-18-3-1-2-16(13-18)21(26)28-19-6-4-15(5-7-19)12-17(14-23)20(25)24-8-10-27-11-9-24/h1-7,12-13H,8-11H2/b17-12+. The predicted octanol–water partition coefficient (Wildman–Crippen LogP) is 3.32. The number of esters is 1. The molecule has 2 aromatic rings. The first-order valence-electron chi connectivity index (χ1n) is 8.63. The highest BCUT2D eigenvalue weighted by Crippen LogP contribution is 2.18. The van der Waals surface area contributed by atoms with Crippen LogP contribution in [0.1, 0.15) is 15.9 Å². The van der Waals surface area contributed by atoms with E-state index in [2.05, 4.69) is 0 Å². The molecule has 2 aromatic carbocycles. The Morgan fingerprint density at radius 2 is 1.86 bits per heavy atom. The van der Waals surface area contributed by atoms with Crippen molar-refractivity contribution >= 4 is 29.6 Å². The maximum Gasteiger partial charge on any atom is 0.343 e. The molecule has 0 spiro atoms. The Hall–Kier alpha value is -3.14. The van der Waals surface area contributed by atoms with Gasteiger partial charge in [0, 0.05) is 18.1 Å². The Labute approximate surface area is 167 Å². The SMILES string of the molecule is N#C/C(=C\c1ccc(OC(=O)c2cccc(Cl)c2)cc1)C(=O)N1CCOCC1. The fourth-order valence-electron chi connectivity index (χ4n) is 2.66. The molecule has 1 aliphatic rings. The number of hydrogen-bond acceptors (Lipinski definition) is 5. The summed E-state index contributed by atoms with van der Waals surface area (Å²) < 4.78 is 10.5. The third-order valence-electron chi connectivity index (χ3n) is 4.11. The summed E-state index contributed by atoms with van der Waals surface area (Å²) in [6, 6.07) is 15.0. The zero-order chi connectivity index (χ0) is 19.9. The van der Waals surface area contributed by atoms with E-state index in [9.17, 15) is 14.9 Å². The minimum atomic E-state index is -0.522. The fraction of sp³-hybridized carbons (Fsp3) is 0.190. The van der Waals surface area contributed by atoms with E-state index in [1.54, 1.807) is 47.4 Å². The van der Waals surface area contributed by atoms with Crippen molar-refractivity contribution in [2.45, 2.75) is 0 Å². The zero-order valence-electron chi connectivity index (χ0n) is 14.9. The van der Waals surface area contributed by atoms with E-state index in [0.29, 0.717) is 48.2 Å². The van der Waals surface area contributed by atoms with Crippen molar-refractivity contribution in [3.05, 3.63) is 70.3 Å². The Morgan fingerprint density at radius 1 is 1.14 bits per heavy atom. The quantitative estimate of drug-likeness (QED) is 0.343. The molecule has 3 rings (SSSR count). The molecule has 0 N–H and O–H groups in total. The number of ether oxygens (including phenoxy) is 2. The highest BCUT2D eigenvalue weighted by Gasteiger charge is 2.20. The molecule has 0 unspecified atom stereocenters. The van der Waals surface area contributed by atoms with Crippen LogP contribution in [0, 0.1) is 11.3 Å². The summed E-state index contributed by atoms with van der Waals surface area (Å²) in [5.41, 5.74) is 1.05. The summed E-state index contributed by atoms with van der Waals surface area (Å²) in [5, 5.41) is 9.78. The van der Waals surface area contributed by atoms with Gasteiger partial charge in [-0.05, 0) is 42.0 Å². The van der Waals surface area contributed by atoms with Gasteiger partial charge in [0.15, 0.2) is 0 Å². The van der Waals surface area contributed by atoms with Gasteiger partial charge in [0.05, 0.1) is 18.8 Å². The van der Waals surface area contributed by atoms with Gasteiger partial charge in [0.25, 0.3) is 5.91 Å². The van der Waals surface area contributed by atoms with E-state index in [1.807, 2.05) is 6.07 Å². The van der Waals surface area contributed by atoms with Crippen LogP contribution in [0.25, 0.3) is 6.08 Å². The maximum atomic E-state index is 12.4. The van der Waals surface area contributed by atoms with Gasteiger partial charge < -0.3 is 14.4 Å². The second-order valence-electron chi connectivity index (χ2n) is 6.04. The number of amides is 1. The molecule has 1 saturated heterocycles. The number of nitriles is 1. The molecule has 1 aliphatic heterocycles. The summed E-state index contributed by atoms with van der Waals surface area (Å²) in [6.07, 6.45) is 1.51. The monoisotopic (exact) mass is 396 g/mol. The van der Waals surface area contributed by atoms with Crippen molar-refractivity contribution in [3.63, 3.8) is 0 Å². The average Bonchev–Trinajstić information content (AvgIpc) is 2.73. The summed E-state index contributed by atoms with van der Waals surface area (Å²) in [4.78, 5) is 26.2. The number of rotatable bonds is 4. The summed E-state index contributed by atoms with van der Waals surface area (Å²) in [7, 11) is 0. The molecule has 0 saturated carbocycles. The smallest absolute Gasteiger partial charge is 0.343 e. The van der Waals surface area contributed by atoms with Crippen molar-refractivity contribution in [1.29, 1.82) is 5.26 Å². The molecule has 1 amide bonds. The van der Waals surface area contributed by atoms with Crippen molar-refractivity contribution in [1.82, 2.24) is 4.90 Å². The largest absolute Gasteiger partial charge is 0.423 e. The van der Waals surface area contributed by atoms with Gasteiger partial charge in [0.1, 0.15) is 17.4 Å². The molecular formula is C21H17ClN2O4. The van der Waals surface area contributed by atoms with Crippen LogP contribution in [-0.4, -0.2) is 43.1 Å². The highest BCUT2D eigenvalue weighted by molar-refractivity contribution is 6.30. The van der Waals surface area contributed by atoms with E-state index < -0.39 is 5.97 Å². The number of nitrogens with zero attached hydrogens (tertiary/aromatic N) is 2. The molecule has 0 aromatic heterocycles. The normalized spacial score (nSPS) is 14.3. The van der Waals surface area contributed by atoms with Crippen molar-refractivity contribution in [2.24, 2.45) is 0 Å². The van der Waals surface area contributed by atoms with Crippen LogP contribution in [0.3, 0.4) is 0 Å². The third-order valence-corrected chi connectivity index (χ3v) is 4.35. The number of benzene rings is 2. The van der Waals surface area contributed by atoms with Gasteiger partial charge in [-0.1, -0.05) is 29.8 Å². The summed E-state index contributed by atoms with van der Waals surface area (Å²) >= 11 is 5.88. The van der Waals surface area contributed by atoms with Gasteiger partial charge in [-0.15, -0.1) is 0 Å². The molecule has 1 fully saturated rings. The van der Waals surface area contributed by atoms with Gasteiger partial charge in [0.2, 0.25) is 0 Å². The molecule has 7 heteroatoms. The number of halogens is 1. The van der Waals surface area contributed by atoms with Crippen LogP contribution in [0.5, 0.6) is 5.75 Å². The van der Waals surface area contributed by atoms with Crippen LogP contribution >= 0.6 is 11.6 Å². The van der Waals surface area contributed by atoms with Crippen LogP contribution in [0.2, 0.25) is 5.02 Å². The number of hydrogen-bond donors (Lipinski definition) is 0. The minimum Gasteiger partial charge on any atom is -0.423 e. The van der Waals surface area contributed by atoms with Crippen molar-refractivity contribution in [2.75, 3.05) is 26.3 Å². The number of carbonyl (C=O) groups excluding carboxylic acids is 2. The first-order valence-corrected chi connectivity index (χ1v) is 9.01. The van der Waals surface area contributed by atoms with Crippen molar-refractivity contribution in [3.8, 4) is 11.8 Å². The maximum absolute atomic E-state index is 12.4. The Kier molecular flexibility index (Phi) is 6.43. The van der Waals surface area contributed by atoms with E-state index in [1.165, 1.54) is 12.1 Å². The molecule has 142 valence electrons.